The van der Waals surface area contributed by atoms with E-state index in [0.29, 0.717) is 28.6 Å². The number of anilines is 1. The van der Waals surface area contributed by atoms with Gasteiger partial charge in [0.25, 0.3) is 0 Å². The summed E-state index contributed by atoms with van der Waals surface area (Å²) in [5, 5.41) is 3.42. The van der Waals surface area contributed by atoms with Crippen molar-refractivity contribution in [1.29, 1.82) is 0 Å². The van der Waals surface area contributed by atoms with Crippen molar-refractivity contribution in [2.75, 3.05) is 12.4 Å². The highest BCUT2D eigenvalue weighted by molar-refractivity contribution is 6.32. The number of hydrogen-bond donors (Lipinski definition) is 2. The van der Waals surface area contributed by atoms with Crippen LogP contribution < -0.4 is 15.8 Å². The Hall–Kier alpha value is -2.27. The van der Waals surface area contributed by atoms with Gasteiger partial charge >= 0.3 is 0 Å². The van der Waals surface area contributed by atoms with Crippen molar-refractivity contribution in [3.8, 4) is 5.75 Å². The van der Waals surface area contributed by atoms with Gasteiger partial charge in [-0.1, -0.05) is 23.7 Å². The normalized spacial score (nSPS) is 11.4. The van der Waals surface area contributed by atoms with E-state index in [1.807, 2.05) is 0 Å². The van der Waals surface area contributed by atoms with Crippen LogP contribution in [0.5, 0.6) is 5.75 Å². The lowest BCUT2D eigenvalue weighted by molar-refractivity contribution is 0.415. The third-order valence-corrected chi connectivity index (χ3v) is 3.37. The highest BCUT2D eigenvalue weighted by atomic mass is 35.5. The molecule has 0 fully saturated rings. The number of hydrogen-bond acceptors (Lipinski definition) is 2. The van der Waals surface area contributed by atoms with E-state index in [1.165, 1.54) is 6.07 Å². The zero-order chi connectivity index (χ0) is 16.1. The topological polar surface area (TPSA) is 59.6 Å². The molecule has 4 nitrogen and oxygen atoms in total. The summed E-state index contributed by atoms with van der Waals surface area (Å²) in [6.45, 7) is 2.08. The number of benzene rings is 2. The molecular weight excluding hydrogens is 305 g/mol. The van der Waals surface area contributed by atoms with Crippen molar-refractivity contribution < 1.29 is 9.13 Å². The first kappa shape index (κ1) is 16.1. The highest BCUT2D eigenvalue weighted by Crippen LogP contribution is 2.27. The van der Waals surface area contributed by atoms with Crippen molar-refractivity contribution in [3.63, 3.8) is 0 Å². The molecule has 6 heteroatoms. The zero-order valence-electron chi connectivity index (χ0n) is 12.4. The highest BCUT2D eigenvalue weighted by Gasteiger charge is 2.03. The lowest BCUT2D eigenvalue weighted by Crippen LogP contribution is -2.22. The molecule has 3 N–H and O–H groups in total. The largest absolute Gasteiger partial charge is 0.495 e. The fourth-order valence-electron chi connectivity index (χ4n) is 1.91. The minimum Gasteiger partial charge on any atom is -0.495 e. The molecule has 0 aliphatic rings. The number of methoxy groups -OCH3 is 1. The van der Waals surface area contributed by atoms with Gasteiger partial charge in [0.1, 0.15) is 11.6 Å². The summed E-state index contributed by atoms with van der Waals surface area (Å²) in [5.41, 5.74) is 8.01. The summed E-state index contributed by atoms with van der Waals surface area (Å²) in [7, 11) is 1.55. The predicted molar refractivity (Wildman–Crippen MR) is 88.1 cm³/mol. The van der Waals surface area contributed by atoms with Crippen LogP contribution in [0.3, 0.4) is 0 Å². The summed E-state index contributed by atoms with van der Waals surface area (Å²) in [4.78, 5) is 4.22. The molecule has 0 saturated carbocycles. The monoisotopic (exact) mass is 321 g/mol. The van der Waals surface area contributed by atoms with Crippen molar-refractivity contribution >= 4 is 23.2 Å². The Morgan fingerprint density at radius 2 is 2.09 bits per heavy atom. The van der Waals surface area contributed by atoms with Gasteiger partial charge < -0.3 is 15.8 Å². The Morgan fingerprint density at radius 3 is 2.73 bits per heavy atom. The summed E-state index contributed by atoms with van der Waals surface area (Å²) in [6, 6.07) is 10.1. The number of halogens is 2. The van der Waals surface area contributed by atoms with Gasteiger partial charge in [0.2, 0.25) is 0 Å². The van der Waals surface area contributed by atoms with Gasteiger partial charge in [0.05, 0.1) is 18.7 Å². The lowest BCUT2D eigenvalue weighted by atomic mass is 10.1. The second-order valence-corrected chi connectivity index (χ2v) is 5.17. The number of nitrogens with two attached hydrogens (primary N) is 1. The Morgan fingerprint density at radius 1 is 1.32 bits per heavy atom. The van der Waals surface area contributed by atoms with Crippen LogP contribution in [-0.2, 0) is 6.54 Å². The Labute approximate surface area is 133 Å². The molecule has 2 aromatic rings. The van der Waals surface area contributed by atoms with Gasteiger partial charge in [-0.05, 0) is 42.3 Å². The van der Waals surface area contributed by atoms with Gasteiger partial charge in [0.15, 0.2) is 5.96 Å². The maximum absolute atomic E-state index is 13.2. The van der Waals surface area contributed by atoms with Crippen molar-refractivity contribution in [3.05, 3.63) is 58.4 Å². The second-order valence-electron chi connectivity index (χ2n) is 4.76. The third kappa shape index (κ3) is 4.11. The molecule has 0 aliphatic heterocycles. The van der Waals surface area contributed by atoms with E-state index in [2.05, 4.69) is 10.3 Å². The molecule has 116 valence electrons. The lowest BCUT2D eigenvalue weighted by Gasteiger charge is -2.08. The maximum atomic E-state index is 13.2. The average molecular weight is 322 g/mol. The number of aryl methyl sites for hydroxylation is 1. The molecule has 22 heavy (non-hydrogen) atoms. The summed E-state index contributed by atoms with van der Waals surface area (Å²) < 4.78 is 18.3. The van der Waals surface area contributed by atoms with Gasteiger partial charge in [-0.3, -0.25) is 0 Å². The van der Waals surface area contributed by atoms with Crippen LogP contribution in [0.15, 0.2) is 41.4 Å². The van der Waals surface area contributed by atoms with Crippen molar-refractivity contribution in [2.24, 2.45) is 10.7 Å². The van der Waals surface area contributed by atoms with E-state index >= 15 is 0 Å². The van der Waals surface area contributed by atoms with Crippen molar-refractivity contribution in [1.82, 2.24) is 0 Å². The van der Waals surface area contributed by atoms with E-state index in [1.54, 1.807) is 44.4 Å². The fraction of sp³-hybridized carbons (Fsp3) is 0.188. The molecule has 0 amide bonds. The van der Waals surface area contributed by atoms with Crippen LogP contribution in [0.1, 0.15) is 11.1 Å². The first-order valence-corrected chi connectivity index (χ1v) is 7.03. The minimum atomic E-state index is -0.230. The van der Waals surface area contributed by atoms with E-state index in [4.69, 9.17) is 22.1 Å². The van der Waals surface area contributed by atoms with Crippen LogP contribution in [0.25, 0.3) is 0 Å². The Kier molecular flexibility index (Phi) is 5.22. The summed E-state index contributed by atoms with van der Waals surface area (Å²) in [6.07, 6.45) is 0. The fourth-order valence-corrected chi connectivity index (χ4v) is 2.17. The molecule has 0 aromatic heterocycles. The number of rotatable bonds is 4. The maximum Gasteiger partial charge on any atom is 0.193 e. The molecule has 2 aromatic carbocycles. The molecule has 0 aliphatic carbocycles. The number of nitrogens with one attached hydrogen (secondary N) is 1. The molecule has 0 unspecified atom stereocenters. The van der Waals surface area contributed by atoms with Crippen LogP contribution in [0.2, 0.25) is 5.02 Å². The first-order chi connectivity index (χ1) is 10.5. The van der Waals surface area contributed by atoms with E-state index in [-0.39, 0.29) is 11.8 Å². The standard InChI is InChI=1S/C16H17ClFN3O/c1-10-7-11(3-5-14(10)18)9-20-16(19)21-12-4-6-15(22-2)13(17)8-12/h3-8H,9H2,1-2H3,(H3,19,20,21). The summed E-state index contributed by atoms with van der Waals surface area (Å²) >= 11 is 6.04. The van der Waals surface area contributed by atoms with Gasteiger partial charge in [-0.2, -0.15) is 0 Å². The average Bonchev–Trinajstić information content (AvgIpc) is 2.49. The summed E-state index contributed by atoms with van der Waals surface area (Å²) in [5.74, 6) is 0.611. The molecule has 2 rings (SSSR count). The molecule has 0 saturated heterocycles. The van der Waals surface area contributed by atoms with Gasteiger partial charge in [-0.25, -0.2) is 9.38 Å². The minimum absolute atomic E-state index is 0.230. The van der Waals surface area contributed by atoms with Crippen LogP contribution in [0.4, 0.5) is 10.1 Å². The Bertz CT molecular complexity index is 704. The molecule has 0 radical (unpaired) electrons. The molecular formula is C16H17ClFN3O. The SMILES string of the molecule is COc1ccc(NC(N)=NCc2ccc(F)c(C)c2)cc1Cl. The number of guanidine groups is 1. The van der Waals surface area contributed by atoms with Crippen molar-refractivity contribution in [2.45, 2.75) is 13.5 Å². The van der Waals surface area contributed by atoms with Crippen LogP contribution in [-0.4, -0.2) is 13.1 Å². The third-order valence-electron chi connectivity index (χ3n) is 3.08. The molecule has 0 atom stereocenters. The van der Waals surface area contributed by atoms with Crippen LogP contribution >= 0.6 is 11.6 Å². The van der Waals surface area contributed by atoms with E-state index < -0.39 is 0 Å². The number of ether oxygens (including phenoxy) is 1. The van der Waals surface area contributed by atoms with Gasteiger partial charge in [-0.15, -0.1) is 0 Å². The Balaban J connectivity index is 2.03. The van der Waals surface area contributed by atoms with Gasteiger partial charge in [0, 0.05) is 5.69 Å². The van der Waals surface area contributed by atoms with Crippen LogP contribution in [0, 0.1) is 12.7 Å². The second kappa shape index (κ2) is 7.13. The zero-order valence-corrected chi connectivity index (χ0v) is 13.1. The number of aliphatic imine (C=N–C) groups is 1. The smallest absolute Gasteiger partial charge is 0.193 e. The molecule has 0 heterocycles. The van der Waals surface area contributed by atoms with E-state index in [9.17, 15) is 4.39 Å². The number of nitrogens with zero attached hydrogens (tertiary/aromatic N) is 1. The predicted octanol–water partition coefficient (Wildman–Crippen LogP) is 3.72. The molecule has 0 bridgehead atoms. The van der Waals surface area contributed by atoms with E-state index in [0.717, 1.165) is 5.56 Å². The first-order valence-electron chi connectivity index (χ1n) is 6.65. The quantitative estimate of drug-likeness (QED) is 0.666. The molecule has 0 spiro atoms.